The first-order chi connectivity index (χ1) is 10.5. The number of benzene rings is 2. The number of fused-ring (bicyclic) bond motifs is 1. The lowest BCUT2D eigenvalue weighted by molar-refractivity contribution is 0.211. The molecule has 2 atom stereocenters. The summed E-state index contributed by atoms with van der Waals surface area (Å²) in [6, 6.07) is 12.9. The molecule has 1 aliphatic heterocycles. The summed E-state index contributed by atoms with van der Waals surface area (Å²) in [6.45, 7) is 3.08. The van der Waals surface area contributed by atoms with Crippen LogP contribution in [0, 0.1) is 5.92 Å². The van der Waals surface area contributed by atoms with Crippen molar-refractivity contribution in [1.82, 2.24) is 4.31 Å². The smallest absolute Gasteiger partial charge is 0.243 e. The molecular weight excluding hydrogens is 332 g/mol. The predicted octanol–water partition coefficient (Wildman–Crippen LogP) is 3.01. The van der Waals surface area contributed by atoms with Gasteiger partial charge in [-0.2, -0.15) is 4.31 Å². The van der Waals surface area contributed by atoms with Gasteiger partial charge in [0.05, 0.1) is 4.90 Å². The van der Waals surface area contributed by atoms with Gasteiger partial charge in [0.1, 0.15) is 0 Å². The Morgan fingerprint density at radius 1 is 1.17 bits per heavy atom. The Bertz CT molecular complexity index is 774. The molecule has 0 aliphatic carbocycles. The largest absolute Gasteiger partial charge is 0.329 e. The predicted molar refractivity (Wildman–Crippen MR) is 96.3 cm³/mol. The van der Waals surface area contributed by atoms with Crippen molar-refractivity contribution in [1.29, 1.82) is 0 Å². The molecule has 2 unspecified atom stereocenters. The van der Waals surface area contributed by atoms with Crippen molar-refractivity contribution in [3.8, 4) is 0 Å². The Morgan fingerprint density at radius 2 is 1.87 bits per heavy atom. The molecule has 0 aromatic heterocycles. The van der Waals surface area contributed by atoms with Crippen molar-refractivity contribution in [2.45, 2.75) is 30.7 Å². The minimum atomic E-state index is -3.52. The lowest BCUT2D eigenvalue weighted by Gasteiger charge is -2.37. The molecule has 1 saturated heterocycles. The first-order valence-electron chi connectivity index (χ1n) is 7.73. The minimum absolute atomic E-state index is 0. The maximum Gasteiger partial charge on any atom is 0.243 e. The molecule has 0 saturated carbocycles. The monoisotopic (exact) mass is 354 g/mol. The Hall–Kier alpha value is -1.14. The summed E-state index contributed by atoms with van der Waals surface area (Å²) < 4.78 is 27.9. The Balaban J connectivity index is 0.00000192. The van der Waals surface area contributed by atoms with E-state index in [-0.39, 0.29) is 18.4 Å². The molecule has 0 bridgehead atoms. The van der Waals surface area contributed by atoms with E-state index >= 15 is 0 Å². The highest BCUT2D eigenvalue weighted by Gasteiger charge is 2.35. The number of nitrogens with zero attached hydrogens (tertiary/aromatic N) is 1. The fourth-order valence-corrected chi connectivity index (χ4v) is 5.18. The maximum absolute atomic E-state index is 13.1. The van der Waals surface area contributed by atoms with Gasteiger partial charge in [-0.15, -0.1) is 12.4 Å². The fraction of sp³-hybridized carbons (Fsp3) is 0.412. The van der Waals surface area contributed by atoms with E-state index in [1.807, 2.05) is 30.3 Å². The van der Waals surface area contributed by atoms with Gasteiger partial charge in [0.15, 0.2) is 0 Å². The maximum atomic E-state index is 13.1. The van der Waals surface area contributed by atoms with Crippen LogP contribution in [0.3, 0.4) is 0 Å². The molecular formula is C17H23ClN2O2S. The molecule has 23 heavy (non-hydrogen) atoms. The lowest BCUT2D eigenvalue weighted by Crippen LogP contribution is -2.49. The average Bonchev–Trinajstić information content (AvgIpc) is 2.53. The van der Waals surface area contributed by atoms with E-state index in [1.165, 1.54) is 0 Å². The number of sulfonamides is 1. The van der Waals surface area contributed by atoms with Gasteiger partial charge in [0.25, 0.3) is 0 Å². The van der Waals surface area contributed by atoms with Gasteiger partial charge >= 0.3 is 0 Å². The summed E-state index contributed by atoms with van der Waals surface area (Å²) in [7, 11) is -3.52. The van der Waals surface area contributed by atoms with Crippen molar-refractivity contribution in [3.63, 3.8) is 0 Å². The first-order valence-corrected chi connectivity index (χ1v) is 9.17. The quantitative estimate of drug-likeness (QED) is 0.921. The van der Waals surface area contributed by atoms with E-state index in [9.17, 15) is 8.42 Å². The summed E-state index contributed by atoms with van der Waals surface area (Å²) in [5, 5.41) is 1.72. The van der Waals surface area contributed by atoms with Crippen molar-refractivity contribution in [3.05, 3.63) is 42.5 Å². The summed E-state index contributed by atoms with van der Waals surface area (Å²) in [6.07, 6.45) is 1.72. The molecule has 126 valence electrons. The fourth-order valence-electron chi connectivity index (χ4n) is 3.31. The second-order valence-electron chi connectivity index (χ2n) is 6.11. The van der Waals surface area contributed by atoms with E-state index in [0.717, 1.165) is 23.6 Å². The van der Waals surface area contributed by atoms with Gasteiger partial charge in [-0.3, -0.25) is 0 Å². The average molecular weight is 355 g/mol. The number of hydrogen-bond acceptors (Lipinski definition) is 3. The zero-order valence-electron chi connectivity index (χ0n) is 13.2. The summed E-state index contributed by atoms with van der Waals surface area (Å²) in [5.41, 5.74) is 5.84. The Kier molecular flexibility index (Phi) is 5.68. The van der Waals surface area contributed by atoms with E-state index < -0.39 is 10.0 Å². The Labute approximate surface area is 144 Å². The highest BCUT2D eigenvalue weighted by molar-refractivity contribution is 7.89. The van der Waals surface area contributed by atoms with Crippen LogP contribution in [0.4, 0.5) is 0 Å². The second-order valence-corrected chi connectivity index (χ2v) is 7.97. The van der Waals surface area contributed by atoms with Crippen LogP contribution >= 0.6 is 12.4 Å². The third-order valence-corrected chi connectivity index (χ3v) is 6.54. The summed E-state index contributed by atoms with van der Waals surface area (Å²) in [5.74, 6) is 0.521. The number of piperidine rings is 1. The van der Waals surface area contributed by atoms with Crippen molar-refractivity contribution in [2.24, 2.45) is 11.7 Å². The van der Waals surface area contributed by atoms with Crippen LogP contribution in [-0.2, 0) is 10.0 Å². The van der Waals surface area contributed by atoms with Crippen LogP contribution in [0.25, 0.3) is 10.8 Å². The van der Waals surface area contributed by atoms with Crippen molar-refractivity contribution < 1.29 is 8.42 Å². The number of hydrogen-bond donors (Lipinski definition) is 1. The molecule has 4 nitrogen and oxygen atoms in total. The van der Waals surface area contributed by atoms with Crippen LogP contribution in [0.5, 0.6) is 0 Å². The molecule has 0 amide bonds. The summed E-state index contributed by atoms with van der Waals surface area (Å²) in [4.78, 5) is 0.388. The third-order valence-electron chi connectivity index (χ3n) is 4.53. The topological polar surface area (TPSA) is 63.4 Å². The molecule has 2 aromatic carbocycles. The van der Waals surface area contributed by atoms with Crippen LogP contribution < -0.4 is 5.73 Å². The molecule has 0 spiro atoms. The van der Waals surface area contributed by atoms with Crippen LogP contribution in [0.15, 0.2) is 47.4 Å². The van der Waals surface area contributed by atoms with E-state index in [2.05, 4.69) is 6.92 Å². The lowest BCUT2D eigenvalue weighted by atomic mass is 9.94. The van der Waals surface area contributed by atoms with E-state index in [0.29, 0.717) is 23.9 Å². The molecule has 0 radical (unpaired) electrons. The van der Waals surface area contributed by atoms with Crippen LogP contribution in [-0.4, -0.2) is 31.9 Å². The van der Waals surface area contributed by atoms with E-state index in [4.69, 9.17) is 5.73 Å². The normalized spacial score (nSPS) is 22.7. The third kappa shape index (κ3) is 3.38. The number of halogens is 1. The van der Waals surface area contributed by atoms with Crippen molar-refractivity contribution in [2.75, 3.05) is 13.1 Å². The zero-order chi connectivity index (χ0) is 15.7. The van der Waals surface area contributed by atoms with Gasteiger partial charge in [-0.1, -0.05) is 43.3 Å². The van der Waals surface area contributed by atoms with E-state index in [1.54, 1.807) is 16.4 Å². The summed E-state index contributed by atoms with van der Waals surface area (Å²) >= 11 is 0. The Morgan fingerprint density at radius 3 is 2.61 bits per heavy atom. The highest BCUT2D eigenvalue weighted by Crippen LogP contribution is 2.31. The van der Waals surface area contributed by atoms with Gasteiger partial charge in [-0.25, -0.2) is 8.42 Å². The second kappa shape index (κ2) is 7.18. The zero-order valence-corrected chi connectivity index (χ0v) is 14.8. The molecule has 3 rings (SSSR count). The molecule has 6 heteroatoms. The van der Waals surface area contributed by atoms with Gasteiger partial charge < -0.3 is 5.73 Å². The molecule has 1 fully saturated rings. The van der Waals surface area contributed by atoms with Gasteiger partial charge in [-0.05, 0) is 30.2 Å². The molecule has 2 N–H and O–H groups in total. The molecule has 1 aliphatic rings. The molecule has 2 aromatic rings. The van der Waals surface area contributed by atoms with Gasteiger partial charge in [0.2, 0.25) is 10.0 Å². The number of rotatable bonds is 3. The van der Waals surface area contributed by atoms with Gasteiger partial charge in [0, 0.05) is 24.5 Å². The van der Waals surface area contributed by atoms with Crippen LogP contribution in [0.1, 0.15) is 19.8 Å². The first kappa shape index (κ1) is 18.2. The van der Waals surface area contributed by atoms with Crippen LogP contribution in [0.2, 0.25) is 0 Å². The minimum Gasteiger partial charge on any atom is -0.329 e. The molecule has 1 heterocycles. The number of nitrogens with two attached hydrogens (primary N) is 1. The SMILES string of the molecule is CC1CCN(S(=O)(=O)c2cccc3ccccc23)C(CN)C1.Cl. The highest BCUT2D eigenvalue weighted by atomic mass is 35.5. The van der Waals surface area contributed by atoms with Crippen molar-refractivity contribution >= 4 is 33.2 Å². The standard InChI is InChI=1S/C17H22N2O2S.ClH/c1-13-9-10-19(15(11-13)12-18)22(20,21)17-8-4-6-14-5-2-3-7-16(14)17;/h2-8,13,15H,9-12,18H2,1H3;1H.